The van der Waals surface area contributed by atoms with Gasteiger partial charge in [-0.15, -0.1) is 0 Å². The molecule has 1 aliphatic heterocycles. The number of likely N-dealkylation sites (tertiary alicyclic amines) is 1. The summed E-state index contributed by atoms with van der Waals surface area (Å²) in [4.78, 5) is 29.0. The highest BCUT2D eigenvalue weighted by atomic mass is 16.7. The van der Waals surface area contributed by atoms with Crippen LogP contribution in [0.4, 0.5) is 10.6 Å². The fraction of sp³-hybridized carbons (Fsp3) is 0.467. The van der Waals surface area contributed by atoms with E-state index in [1.165, 1.54) is 12.3 Å². The number of piperidine rings is 1. The van der Waals surface area contributed by atoms with Crippen molar-refractivity contribution in [2.75, 3.05) is 25.0 Å². The summed E-state index contributed by atoms with van der Waals surface area (Å²) in [7, 11) is 0. The summed E-state index contributed by atoms with van der Waals surface area (Å²) >= 11 is 0. The largest absolute Gasteiger partial charge is 0.493 e. The predicted octanol–water partition coefficient (Wildman–Crippen LogP) is 2.08. The Balaban J connectivity index is 2.14. The van der Waals surface area contributed by atoms with E-state index in [2.05, 4.69) is 24.8 Å². The van der Waals surface area contributed by atoms with Crippen LogP contribution in [-0.4, -0.2) is 52.1 Å². The average Bonchev–Trinajstić information content (AvgIpc) is 3.08. The van der Waals surface area contributed by atoms with Crippen LogP contribution in [0.5, 0.6) is 0 Å². The number of aromatic amines is 1. The molecule has 23 heavy (non-hydrogen) atoms. The molecule has 120 valence electrons. The molecule has 0 radical (unpaired) electrons. The molecule has 0 aliphatic carbocycles. The molecule has 2 aromatic heterocycles. The Labute approximate surface area is 143 Å². The van der Waals surface area contributed by atoms with Crippen molar-refractivity contribution in [1.29, 1.82) is 0 Å². The summed E-state index contributed by atoms with van der Waals surface area (Å²) in [6.45, 7) is 1.01. The Morgan fingerprint density at radius 3 is 3.39 bits per heavy atom. The Bertz CT molecular complexity index is 982. The van der Waals surface area contributed by atoms with E-state index in [1.807, 2.05) is 0 Å². The smallest absolute Gasteiger partial charge is 0.354 e. The number of likely N-dealkylation sites (N-methyl/N-ethyl adjacent to an activating group) is 1. The number of nitrogens with zero attached hydrogens (tertiary/aromatic N) is 5. The first-order valence-electron chi connectivity index (χ1n) is 10.4. The number of rotatable bonds is 2. The predicted molar refractivity (Wildman–Crippen MR) is 84.5 cm³/mol. The van der Waals surface area contributed by atoms with Crippen molar-refractivity contribution >= 4 is 22.9 Å². The first kappa shape index (κ1) is 8.72. The molecule has 0 saturated carbocycles. The Kier molecular flexibility index (Phi) is 2.32. The van der Waals surface area contributed by atoms with Gasteiger partial charge in [0.05, 0.1) is 11.4 Å². The summed E-state index contributed by atoms with van der Waals surface area (Å²) < 4.78 is 55.8. The maximum absolute atomic E-state index is 12.1. The molecule has 0 bridgehead atoms. The van der Waals surface area contributed by atoms with Crippen LogP contribution in [0, 0.1) is 12.5 Å². The molecule has 0 spiro atoms. The van der Waals surface area contributed by atoms with E-state index in [-0.39, 0.29) is 31.0 Å². The van der Waals surface area contributed by atoms with Crippen LogP contribution in [0.15, 0.2) is 18.6 Å². The van der Waals surface area contributed by atoms with E-state index < -0.39 is 38.2 Å². The molecule has 1 saturated heterocycles. The molecule has 1 fully saturated rings. The van der Waals surface area contributed by atoms with Crippen LogP contribution in [0.2, 0.25) is 0 Å². The number of nitrogens with one attached hydrogen (secondary N) is 1. The van der Waals surface area contributed by atoms with Crippen LogP contribution in [-0.2, 0) is 4.84 Å². The van der Waals surface area contributed by atoms with Gasteiger partial charge in [-0.1, -0.05) is 11.7 Å². The number of aromatic nitrogens is 3. The molecule has 1 amide bonds. The number of amides is 1. The van der Waals surface area contributed by atoms with Crippen molar-refractivity contribution in [2.45, 2.75) is 19.3 Å². The van der Waals surface area contributed by atoms with Crippen LogP contribution in [0.3, 0.4) is 0 Å². The van der Waals surface area contributed by atoms with Crippen molar-refractivity contribution < 1.29 is 19.2 Å². The number of hydrogen-bond acceptors (Lipinski definition) is 5. The van der Waals surface area contributed by atoms with E-state index >= 15 is 0 Å². The number of H-pyrrole nitrogens is 1. The fourth-order valence-electron chi connectivity index (χ4n) is 2.61. The van der Waals surface area contributed by atoms with Gasteiger partial charge in [0.1, 0.15) is 19.1 Å². The van der Waals surface area contributed by atoms with E-state index in [0.717, 1.165) is 9.80 Å². The van der Waals surface area contributed by atoms with E-state index in [9.17, 15) is 4.79 Å². The van der Waals surface area contributed by atoms with Gasteiger partial charge in [-0.05, 0) is 23.4 Å². The van der Waals surface area contributed by atoms with Gasteiger partial charge in [0.2, 0.25) is 0 Å². The zero-order valence-corrected chi connectivity index (χ0v) is 12.0. The van der Waals surface area contributed by atoms with Gasteiger partial charge in [-0.3, -0.25) is 4.90 Å². The number of carbonyl (C=O) groups is 1. The van der Waals surface area contributed by atoms with Gasteiger partial charge in [0.15, 0.2) is 0 Å². The monoisotopic (exact) mass is 321 g/mol. The second kappa shape index (κ2) is 6.12. The Hall–Kier alpha value is -2.82. The summed E-state index contributed by atoms with van der Waals surface area (Å²) in [6, 6.07) is 0.325. The molecular formula is C15H18N6O2. The maximum atomic E-state index is 12.1. The minimum absolute atomic E-state index is 0.00418. The highest BCUT2D eigenvalue weighted by Gasteiger charge is 2.34. The van der Waals surface area contributed by atoms with E-state index in [0.29, 0.717) is 5.39 Å². The van der Waals surface area contributed by atoms with Crippen molar-refractivity contribution in [3.63, 3.8) is 0 Å². The fourth-order valence-corrected chi connectivity index (χ4v) is 2.61. The summed E-state index contributed by atoms with van der Waals surface area (Å²) in [5.41, 5.74) is 0.227. The van der Waals surface area contributed by atoms with Crippen LogP contribution < -0.4 is 4.90 Å². The van der Waals surface area contributed by atoms with E-state index in [1.54, 1.807) is 0 Å². The number of fused-ring (bicyclic) bond motifs is 1. The van der Waals surface area contributed by atoms with Crippen molar-refractivity contribution in [1.82, 2.24) is 19.9 Å². The van der Waals surface area contributed by atoms with Gasteiger partial charge < -0.3 is 9.88 Å². The van der Waals surface area contributed by atoms with Gasteiger partial charge in [0, 0.05) is 34.5 Å². The highest BCUT2D eigenvalue weighted by molar-refractivity contribution is 5.87. The molecule has 8 nitrogen and oxygen atoms in total. The van der Waals surface area contributed by atoms with E-state index in [4.69, 9.17) is 16.2 Å². The zero-order valence-electron chi connectivity index (χ0n) is 19.0. The summed E-state index contributed by atoms with van der Waals surface area (Å²) in [5, 5.41) is 2.87. The molecule has 0 unspecified atom stereocenters. The Morgan fingerprint density at radius 1 is 1.70 bits per heavy atom. The summed E-state index contributed by atoms with van der Waals surface area (Å²) in [6.07, 6.45) is 0.0390. The lowest BCUT2D eigenvalue weighted by atomic mass is 9.92. The second-order valence-electron chi connectivity index (χ2n) is 5.11. The maximum Gasteiger partial charge on any atom is 0.493 e. The topological polar surface area (TPSA) is 78.7 Å². The number of hydrogen-bond donors (Lipinski definition) is 1. The standard InChI is InChI=1S/C15H18N6O2/c1-10-5-7-21(15(22)23-16-2)8-12(10)20(3)14-11-4-6-17-13(11)18-9-19-14/h4,6,9-10,12H,5,7-8H2,1,3H3,(H,17,18,19)/t10-,12+/m1/s1/i1D3,3D3,9D. The molecule has 2 aromatic rings. The minimum Gasteiger partial charge on any atom is -0.354 e. The van der Waals surface area contributed by atoms with Crippen LogP contribution in [0.1, 0.15) is 22.9 Å². The van der Waals surface area contributed by atoms with Gasteiger partial charge in [-0.25, -0.2) is 14.8 Å². The SMILES string of the molecule is [2H]c1nc(N([C@H]2CN(C(=O)O[N+]#[C-])CC[C@H]2C([2H])([2H])[2H])C([2H])([2H])[2H])c2cc[nH]c2n1. The lowest BCUT2D eigenvalue weighted by Gasteiger charge is -2.40. The van der Waals surface area contributed by atoms with Gasteiger partial charge in [0.25, 0.3) is 0 Å². The quantitative estimate of drug-likeness (QED) is 0.677. The molecule has 3 rings (SSSR count). The third-order valence-corrected chi connectivity index (χ3v) is 3.81. The van der Waals surface area contributed by atoms with Gasteiger partial charge in [-0.2, -0.15) is 6.57 Å². The lowest BCUT2D eigenvalue weighted by Crippen LogP contribution is -2.52. The van der Waals surface area contributed by atoms with Crippen LogP contribution in [0.25, 0.3) is 16.0 Å². The summed E-state index contributed by atoms with van der Waals surface area (Å²) in [5.74, 6) is -1.24. The molecule has 1 aliphatic rings. The second-order valence-corrected chi connectivity index (χ2v) is 5.11. The van der Waals surface area contributed by atoms with Crippen molar-refractivity contribution in [3.05, 3.63) is 30.1 Å². The normalized spacial score (nSPS) is 26.6. The lowest BCUT2D eigenvalue weighted by molar-refractivity contribution is 0.110. The number of carbonyl (C=O) groups excluding carboxylic acids is 1. The minimum atomic E-state index is -2.84. The van der Waals surface area contributed by atoms with Gasteiger partial charge >= 0.3 is 6.09 Å². The molecule has 1 N–H and O–H groups in total. The first-order chi connectivity index (χ1) is 13.9. The molecule has 2 atom stereocenters. The molecular weight excluding hydrogens is 296 g/mol. The zero-order chi connectivity index (χ0) is 22.3. The van der Waals surface area contributed by atoms with Crippen LogP contribution >= 0.6 is 0 Å². The third-order valence-electron chi connectivity index (χ3n) is 3.81. The number of anilines is 1. The molecule has 0 aromatic carbocycles. The average molecular weight is 321 g/mol. The van der Waals surface area contributed by atoms with Crippen molar-refractivity contribution in [3.8, 4) is 0 Å². The molecule has 8 heteroatoms. The highest BCUT2D eigenvalue weighted by Crippen LogP contribution is 2.28. The molecule has 3 heterocycles. The third kappa shape index (κ3) is 2.77. The first-order valence-corrected chi connectivity index (χ1v) is 6.87. The van der Waals surface area contributed by atoms with Crippen molar-refractivity contribution in [2.24, 2.45) is 5.92 Å². The Morgan fingerprint density at radius 2 is 2.61 bits per heavy atom.